The summed E-state index contributed by atoms with van der Waals surface area (Å²) in [5.74, 6) is 0.942. The highest BCUT2D eigenvalue weighted by Crippen LogP contribution is 2.59. The van der Waals surface area contributed by atoms with Crippen LogP contribution >= 0.6 is 22.6 Å². The number of fused-ring (bicyclic) bond motifs is 3. The van der Waals surface area contributed by atoms with E-state index >= 15 is 0 Å². The molecule has 164 valence electrons. The van der Waals surface area contributed by atoms with Gasteiger partial charge in [0.05, 0.1) is 5.54 Å². The fourth-order valence-corrected chi connectivity index (χ4v) is 5.89. The number of hydrogen-bond acceptors (Lipinski definition) is 3. The number of azide groups is 1. The van der Waals surface area contributed by atoms with Gasteiger partial charge in [-0.15, -0.1) is 0 Å². The summed E-state index contributed by atoms with van der Waals surface area (Å²) in [4.78, 5) is 3.23. The second kappa shape index (κ2) is 8.99. The van der Waals surface area contributed by atoms with E-state index in [1.54, 1.807) is 0 Å². The summed E-state index contributed by atoms with van der Waals surface area (Å²) < 4.78 is 8.55. The Balaban J connectivity index is 2.01. The highest BCUT2D eigenvalue weighted by Gasteiger charge is 2.56. The molecule has 1 aromatic rings. The van der Waals surface area contributed by atoms with Crippen LogP contribution in [0.4, 0.5) is 0 Å². The first-order chi connectivity index (χ1) is 14.2. The standard InChI is InChI=1S/C24H34IN3O2/c1-22(2,12-8-5-6-10-14-25)17-15-18(29)21-19(16-17)30-23(3,4)20-11-7-9-13-24(20,21)27-28-26/h10,14-16,20,29H,5-9,11-13H2,1-4H3. The molecule has 1 aromatic carbocycles. The Morgan fingerprint density at radius 3 is 2.80 bits per heavy atom. The lowest BCUT2D eigenvalue weighted by Crippen LogP contribution is -2.54. The minimum atomic E-state index is -0.734. The van der Waals surface area contributed by atoms with Crippen LogP contribution in [-0.4, -0.2) is 10.7 Å². The number of phenols is 1. The number of benzene rings is 1. The monoisotopic (exact) mass is 523 g/mol. The molecule has 1 N–H and O–H groups in total. The van der Waals surface area contributed by atoms with Crippen molar-refractivity contribution in [2.75, 3.05) is 0 Å². The van der Waals surface area contributed by atoms with Crippen LogP contribution in [0.25, 0.3) is 10.4 Å². The molecule has 0 bridgehead atoms. The average Bonchev–Trinajstić information content (AvgIpc) is 2.67. The average molecular weight is 523 g/mol. The number of halogens is 1. The summed E-state index contributed by atoms with van der Waals surface area (Å²) >= 11 is 2.26. The molecular formula is C24H34IN3O2. The van der Waals surface area contributed by atoms with Crippen LogP contribution in [0.5, 0.6) is 11.5 Å². The molecule has 0 amide bonds. The SMILES string of the molecule is CC(C)(CCCCC=CI)c1cc(O)c2c(c1)OC(C)(C)C1CCCCC21N=[N+]=[N-]. The Labute approximate surface area is 194 Å². The number of aromatic hydroxyl groups is 1. The minimum Gasteiger partial charge on any atom is -0.507 e. The number of hydrogen-bond donors (Lipinski definition) is 1. The number of rotatable bonds is 7. The van der Waals surface area contributed by atoms with E-state index in [9.17, 15) is 10.6 Å². The predicted molar refractivity (Wildman–Crippen MR) is 130 cm³/mol. The van der Waals surface area contributed by atoms with Crippen LogP contribution in [0.2, 0.25) is 0 Å². The molecule has 0 radical (unpaired) electrons. The van der Waals surface area contributed by atoms with E-state index in [-0.39, 0.29) is 17.1 Å². The Hall–Kier alpha value is -1.40. The van der Waals surface area contributed by atoms with E-state index in [1.807, 2.05) is 6.07 Å². The molecule has 1 saturated carbocycles. The molecular weight excluding hydrogens is 489 g/mol. The van der Waals surface area contributed by atoms with Crippen molar-refractivity contribution < 1.29 is 9.84 Å². The predicted octanol–water partition coefficient (Wildman–Crippen LogP) is 8.05. The summed E-state index contributed by atoms with van der Waals surface area (Å²) in [6, 6.07) is 3.96. The molecule has 2 atom stereocenters. The summed E-state index contributed by atoms with van der Waals surface area (Å²) in [7, 11) is 0. The third-order valence-corrected chi connectivity index (χ3v) is 7.63. The van der Waals surface area contributed by atoms with Gasteiger partial charge in [0.15, 0.2) is 0 Å². The van der Waals surface area contributed by atoms with Crippen molar-refractivity contribution in [1.82, 2.24) is 0 Å². The van der Waals surface area contributed by atoms with Crippen molar-refractivity contribution >= 4 is 22.6 Å². The molecule has 1 aliphatic carbocycles. The van der Waals surface area contributed by atoms with E-state index in [4.69, 9.17) is 4.74 Å². The maximum atomic E-state index is 11.2. The fourth-order valence-electron chi connectivity index (χ4n) is 5.53. The van der Waals surface area contributed by atoms with Gasteiger partial charge in [0, 0.05) is 16.4 Å². The zero-order valence-corrected chi connectivity index (χ0v) is 20.8. The van der Waals surface area contributed by atoms with Gasteiger partial charge in [0.2, 0.25) is 0 Å². The van der Waals surface area contributed by atoms with Gasteiger partial charge in [-0.05, 0) is 78.7 Å². The Bertz CT molecular complexity index is 858. The van der Waals surface area contributed by atoms with Crippen LogP contribution in [0.15, 0.2) is 27.4 Å². The summed E-state index contributed by atoms with van der Waals surface area (Å²) in [6.07, 6.45) is 10.4. The van der Waals surface area contributed by atoms with Gasteiger partial charge in [0.25, 0.3) is 0 Å². The van der Waals surface area contributed by atoms with Crippen LogP contribution < -0.4 is 4.74 Å². The van der Waals surface area contributed by atoms with Crippen LogP contribution in [0.3, 0.4) is 0 Å². The van der Waals surface area contributed by atoms with Gasteiger partial charge in [-0.2, -0.15) is 0 Å². The highest BCUT2D eigenvalue weighted by molar-refractivity contribution is 14.1. The molecule has 1 heterocycles. The molecule has 0 spiro atoms. The van der Waals surface area contributed by atoms with Gasteiger partial charge in [-0.3, -0.25) is 0 Å². The molecule has 30 heavy (non-hydrogen) atoms. The number of allylic oxidation sites excluding steroid dienone is 1. The molecule has 2 aliphatic rings. The summed E-state index contributed by atoms with van der Waals surface area (Å²) in [5.41, 5.74) is 9.91. The third-order valence-electron chi connectivity index (χ3n) is 7.12. The lowest BCUT2D eigenvalue weighted by Gasteiger charge is -2.53. The van der Waals surface area contributed by atoms with Crippen molar-refractivity contribution in [1.29, 1.82) is 0 Å². The van der Waals surface area contributed by atoms with Gasteiger partial charge >= 0.3 is 0 Å². The van der Waals surface area contributed by atoms with Gasteiger partial charge in [-0.25, -0.2) is 0 Å². The molecule has 2 unspecified atom stereocenters. The van der Waals surface area contributed by atoms with E-state index in [2.05, 4.69) is 76.5 Å². The Kier molecular flexibility index (Phi) is 6.97. The van der Waals surface area contributed by atoms with Crippen LogP contribution in [0, 0.1) is 5.92 Å². The van der Waals surface area contributed by atoms with Gasteiger partial charge in [-0.1, -0.05) is 66.9 Å². The summed E-state index contributed by atoms with van der Waals surface area (Å²) in [5, 5.41) is 15.5. The van der Waals surface area contributed by atoms with Crippen LogP contribution in [0.1, 0.15) is 90.2 Å². The van der Waals surface area contributed by atoms with Crippen LogP contribution in [-0.2, 0) is 11.0 Å². The van der Waals surface area contributed by atoms with E-state index in [0.717, 1.165) is 56.9 Å². The molecule has 0 aromatic heterocycles. The van der Waals surface area contributed by atoms with Crippen molar-refractivity contribution in [2.24, 2.45) is 11.0 Å². The number of nitrogens with zero attached hydrogens (tertiary/aromatic N) is 3. The zero-order chi connectivity index (χ0) is 22.0. The largest absolute Gasteiger partial charge is 0.507 e. The highest BCUT2D eigenvalue weighted by atomic mass is 127. The van der Waals surface area contributed by atoms with Crippen molar-refractivity contribution in [3.05, 3.63) is 43.9 Å². The topological polar surface area (TPSA) is 78.2 Å². The zero-order valence-electron chi connectivity index (χ0n) is 18.6. The Morgan fingerprint density at radius 1 is 1.33 bits per heavy atom. The van der Waals surface area contributed by atoms with E-state index in [1.165, 1.54) is 0 Å². The molecule has 5 nitrogen and oxygen atoms in total. The van der Waals surface area contributed by atoms with Gasteiger partial charge in [0.1, 0.15) is 17.1 Å². The number of phenolic OH excluding ortho intramolecular Hbond substituents is 1. The lowest BCUT2D eigenvalue weighted by atomic mass is 9.61. The normalized spacial score (nSPS) is 25.2. The maximum absolute atomic E-state index is 11.2. The quantitative estimate of drug-likeness (QED) is 0.129. The lowest BCUT2D eigenvalue weighted by molar-refractivity contribution is -0.0442. The molecule has 0 saturated heterocycles. The van der Waals surface area contributed by atoms with E-state index in [0.29, 0.717) is 11.3 Å². The first kappa shape index (κ1) is 23.3. The second-order valence-electron chi connectivity index (χ2n) is 9.98. The van der Waals surface area contributed by atoms with E-state index < -0.39 is 11.1 Å². The second-order valence-corrected chi connectivity index (χ2v) is 10.7. The molecule has 1 fully saturated rings. The number of unbranched alkanes of at least 4 members (excludes halogenated alkanes) is 2. The smallest absolute Gasteiger partial charge is 0.128 e. The van der Waals surface area contributed by atoms with Crippen molar-refractivity contribution in [2.45, 2.75) is 95.6 Å². The van der Waals surface area contributed by atoms with Crippen molar-refractivity contribution in [3.8, 4) is 11.5 Å². The Morgan fingerprint density at radius 2 is 2.10 bits per heavy atom. The first-order valence-electron chi connectivity index (χ1n) is 11.1. The van der Waals surface area contributed by atoms with Crippen molar-refractivity contribution in [3.63, 3.8) is 0 Å². The molecule has 3 rings (SSSR count). The number of ether oxygens (including phenoxy) is 1. The van der Waals surface area contributed by atoms with Gasteiger partial charge < -0.3 is 9.84 Å². The molecule has 1 aliphatic heterocycles. The molecule has 6 heteroatoms. The fraction of sp³-hybridized carbons (Fsp3) is 0.667. The maximum Gasteiger partial charge on any atom is 0.128 e. The third kappa shape index (κ3) is 4.31. The minimum absolute atomic E-state index is 0.0536. The summed E-state index contributed by atoms with van der Waals surface area (Å²) in [6.45, 7) is 8.62. The first-order valence-corrected chi connectivity index (χ1v) is 12.3.